The van der Waals surface area contributed by atoms with Gasteiger partial charge in [0.25, 0.3) is 0 Å². The number of amides is 2. The van der Waals surface area contributed by atoms with Gasteiger partial charge in [0.1, 0.15) is 6.61 Å². The van der Waals surface area contributed by atoms with Crippen LogP contribution in [-0.4, -0.2) is 31.7 Å². The van der Waals surface area contributed by atoms with Gasteiger partial charge in [-0.25, -0.2) is 5.43 Å². The Bertz CT molecular complexity index is 1250. The number of hydrazone groups is 1. The van der Waals surface area contributed by atoms with E-state index in [9.17, 15) is 9.59 Å². The zero-order valence-electron chi connectivity index (χ0n) is 18.9. The zero-order valence-corrected chi connectivity index (χ0v) is 20.4. The van der Waals surface area contributed by atoms with Crippen LogP contribution in [0.2, 0.25) is 10.0 Å². The van der Waals surface area contributed by atoms with E-state index in [2.05, 4.69) is 10.5 Å². The minimum absolute atomic E-state index is 0.0819. The molecular weight excluding hydrogens is 489 g/mol. The number of anilines is 1. The van der Waals surface area contributed by atoms with E-state index in [1.807, 2.05) is 36.4 Å². The van der Waals surface area contributed by atoms with Crippen molar-refractivity contribution < 1.29 is 19.1 Å². The first-order valence-corrected chi connectivity index (χ1v) is 11.6. The van der Waals surface area contributed by atoms with Crippen LogP contribution in [0.4, 0.5) is 5.69 Å². The summed E-state index contributed by atoms with van der Waals surface area (Å²) in [5.74, 6) is 0.208. The summed E-state index contributed by atoms with van der Waals surface area (Å²) in [4.78, 5) is 26.5. The molecule has 180 valence electrons. The second kappa shape index (κ2) is 11.3. The van der Waals surface area contributed by atoms with E-state index in [0.29, 0.717) is 33.7 Å². The molecule has 1 aliphatic heterocycles. The summed E-state index contributed by atoms with van der Waals surface area (Å²) in [6.45, 7) is 0.611. The second-order valence-electron chi connectivity index (χ2n) is 7.92. The van der Waals surface area contributed by atoms with Crippen LogP contribution in [0, 0.1) is 5.92 Å². The molecule has 0 bridgehead atoms. The quantitative estimate of drug-likeness (QED) is 0.337. The van der Waals surface area contributed by atoms with Crippen LogP contribution >= 0.6 is 23.2 Å². The maximum Gasteiger partial charge on any atom is 0.245 e. The van der Waals surface area contributed by atoms with Crippen molar-refractivity contribution in [3.63, 3.8) is 0 Å². The number of hydrogen-bond donors (Lipinski definition) is 1. The lowest BCUT2D eigenvalue weighted by Crippen LogP contribution is -2.30. The topological polar surface area (TPSA) is 80.2 Å². The molecule has 4 rings (SSSR count). The van der Waals surface area contributed by atoms with Gasteiger partial charge in [0, 0.05) is 18.7 Å². The highest BCUT2D eigenvalue weighted by atomic mass is 35.5. The maximum absolute atomic E-state index is 12.5. The molecule has 35 heavy (non-hydrogen) atoms. The van der Waals surface area contributed by atoms with Gasteiger partial charge in [0.2, 0.25) is 11.8 Å². The summed E-state index contributed by atoms with van der Waals surface area (Å²) in [6.07, 6.45) is 1.66. The molecule has 3 aromatic carbocycles. The first kappa shape index (κ1) is 24.6. The molecule has 0 radical (unpaired) electrons. The van der Waals surface area contributed by atoms with E-state index in [-0.39, 0.29) is 24.8 Å². The minimum Gasteiger partial charge on any atom is -0.493 e. The Morgan fingerprint density at radius 2 is 1.89 bits per heavy atom. The van der Waals surface area contributed by atoms with Crippen molar-refractivity contribution in [1.82, 2.24) is 5.43 Å². The molecule has 1 heterocycles. The van der Waals surface area contributed by atoms with Crippen molar-refractivity contribution in [2.75, 3.05) is 18.6 Å². The van der Waals surface area contributed by atoms with E-state index < -0.39 is 5.92 Å². The molecule has 0 saturated carbocycles. The number of carbonyl (C=O) groups is 2. The van der Waals surface area contributed by atoms with Gasteiger partial charge in [-0.2, -0.15) is 5.10 Å². The Labute approximate surface area is 213 Å². The molecule has 7 nitrogen and oxygen atoms in total. The van der Waals surface area contributed by atoms with Crippen LogP contribution in [0.25, 0.3) is 0 Å². The number of nitrogens with zero attached hydrogens (tertiary/aromatic N) is 2. The maximum atomic E-state index is 12.5. The largest absolute Gasteiger partial charge is 0.493 e. The van der Waals surface area contributed by atoms with Gasteiger partial charge in [0.15, 0.2) is 11.5 Å². The number of para-hydroxylation sites is 1. The van der Waals surface area contributed by atoms with Gasteiger partial charge in [-0.05, 0) is 53.6 Å². The summed E-state index contributed by atoms with van der Waals surface area (Å²) in [5, 5.41) is 4.99. The predicted octanol–water partition coefficient (Wildman–Crippen LogP) is 5.08. The Hall–Kier alpha value is -3.55. The summed E-state index contributed by atoms with van der Waals surface area (Å²) in [7, 11) is 1.54. The minimum atomic E-state index is -0.466. The monoisotopic (exact) mass is 511 g/mol. The van der Waals surface area contributed by atoms with Crippen molar-refractivity contribution in [3.8, 4) is 11.5 Å². The van der Waals surface area contributed by atoms with Gasteiger partial charge in [-0.3, -0.25) is 9.59 Å². The average Bonchev–Trinajstić information content (AvgIpc) is 3.27. The van der Waals surface area contributed by atoms with E-state index in [4.69, 9.17) is 32.7 Å². The lowest BCUT2D eigenvalue weighted by molar-refractivity contribution is -0.126. The molecule has 0 unspecified atom stereocenters. The third kappa shape index (κ3) is 6.12. The molecule has 0 aromatic heterocycles. The van der Waals surface area contributed by atoms with E-state index in [1.165, 1.54) is 6.21 Å². The zero-order chi connectivity index (χ0) is 24.8. The summed E-state index contributed by atoms with van der Waals surface area (Å²) in [6, 6.07) is 19.9. The van der Waals surface area contributed by atoms with Crippen LogP contribution < -0.4 is 19.8 Å². The van der Waals surface area contributed by atoms with Crippen LogP contribution in [0.3, 0.4) is 0 Å². The molecule has 0 aliphatic carbocycles. The van der Waals surface area contributed by atoms with Crippen molar-refractivity contribution >= 4 is 46.9 Å². The third-order valence-corrected chi connectivity index (χ3v) is 6.26. The highest BCUT2D eigenvalue weighted by Crippen LogP contribution is 2.29. The Morgan fingerprint density at radius 3 is 2.63 bits per heavy atom. The molecule has 9 heteroatoms. The van der Waals surface area contributed by atoms with Crippen molar-refractivity contribution in [2.45, 2.75) is 13.0 Å². The predicted molar refractivity (Wildman–Crippen MR) is 136 cm³/mol. The third-order valence-electron chi connectivity index (χ3n) is 5.52. The van der Waals surface area contributed by atoms with E-state index in [0.717, 1.165) is 11.3 Å². The lowest BCUT2D eigenvalue weighted by atomic mass is 10.1. The molecule has 0 spiro atoms. The molecule has 3 aromatic rings. The number of benzene rings is 3. The van der Waals surface area contributed by atoms with E-state index in [1.54, 1.807) is 42.3 Å². The first-order valence-electron chi connectivity index (χ1n) is 10.9. The molecule has 1 atom stereocenters. The smallest absolute Gasteiger partial charge is 0.245 e. The summed E-state index contributed by atoms with van der Waals surface area (Å²) >= 11 is 12.0. The van der Waals surface area contributed by atoms with Crippen molar-refractivity contribution in [2.24, 2.45) is 11.0 Å². The number of ether oxygens (including phenoxy) is 2. The Morgan fingerprint density at radius 1 is 1.09 bits per heavy atom. The normalized spacial score (nSPS) is 15.5. The number of hydrogen-bond acceptors (Lipinski definition) is 5. The molecule has 1 saturated heterocycles. The van der Waals surface area contributed by atoms with Crippen LogP contribution in [0.15, 0.2) is 71.8 Å². The van der Waals surface area contributed by atoms with Crippen LogP contribution in [0.1, 0.15) is 17.5 Å². The molecule has 1 N–H and O–H groups in total. The molecule has 1 aliphatic rings. The summed E-state index contributed by atoms with van der Waals surface area (Å²) in [5.41, 5.74) is 4.89. The molecule has 2 amide bonds. The fraction of sp³-hybridized carbons (Fsp3) is 0.192. The standard InChI is InChI=1S/C26H23Cl2N3O4/c1-34-24-12-17(8-10-23(24)35-16-18-7-9-21(27)22(28)11-18)14-29-30-26(33)19-13-25(32)31(15-19)20-5-3-2-4-6-20/h2-12,14,19H,13,15-16H2,1H3,(H,30,33)/b29-14-/t19-/m1/s1. The first-order chi connectivity index (χ1) is 16.9. The fourth-order valence-corrected chi connectivity index (χ4v) is 4.00. The molecular formula is C26H23Cl2N3O4. The fourth-order valence-electron chi connectivity index (χ4n) is 3.68. The van der Waals surface area contributed by atoms with E-state index >= 15 is 0 Å². The molecule has 1 fully saturated rings. The SMILES string of the molecule is COc1cc(/C=N\NC(=O)[C@@H]2CC(=O)N(c3ccccc3)C2)ccc1OCc1ccc(Cl)c(Cl)c1. The average molecular weight is 512 g/mol. The van der Waals surface area contributed by atoms with Gasteiger partial charge in [0.05, 0.1) is 29.3 Å². The van der Waals surface area contributed by atoms with Crippen molar-refractivity contribution in [3.05, 3.63) is 87.9 Å². The number of methoxy groups -OCH3 is 1. The number of rotatable bonds is 8. The highest BCUT2D eigenvalue weighted by Gasteiger charge is 2.35. The van der Waals surface area contributed by atoms with Gasteiger partial charge < -0.3 is 14.4 Å². The lowest BCUT2D eigenvalue weighted by Gasteiger charge is -2.16. The Balaban J connectivity index is 1.33. The van der Waals surface area contributed by atoms with Crippen molar-refractivity contribution in [1.29, 1.82) is 0 Å². The number of halogens is 2. The number of nitrogens with one attached hydrogen (secondary N) is 1. The number of carbonyl (C=O) groups excluding carboxylic acids is 2. The van der Waals surface area contributed by atoms with Crippen LogP contribution in [0.5, 0.6) is 11.5 Å². The van der Waals surface area contributed by atoms with Gasteiger partial charge in [-0.1, -0.05) is 47.5 Å². The second-order valence-corrected chi connectivity index (χ2v) is 8.74. The highest BCUT2D eigenvalue weighted by molar-refractivity contribution is 6.42. The van der Waals surface area contributed by atoms with Gasteiger partial charge in [-0.15, -0.1) is 0 Å². The summed E-state index contributed by atoms with van der Waals surface area (Å²) < 4.78 is 11.3. The van der Waals surface area contributed by atoms with Gasteiger partial charge >= 0.3 is 0 Å². The Kier molecular flexibility index (Phi) is 7.90. The van der Waals surface area contributed by atoms with Crippen LogP contribution in [-0.2, 0) is 16.2 Å².